The lowest BCUT2D eigenvalue weighted by atomic mass is 10.1. The number of carbonyl (C=O) groups is 3. The molecule has 2 aromatic rings. The quantitative estimate of drug-likeness (QED) is 0.715. The molecule has 0 N–H and O–H groups in total. The third-order valence-electron chi connectivity index (χ3n) is 4.75. The van der Waals surface area contributed by atoms with E-state index in [0.717, 1.165) is 0 Å². The zero-order valence-corrected chi connectivity index (χ0v) is 13.8. The van der Waals surface area contributed by atoms with E-state index in [1.165, 1.54) is 4.90 Å². The molecule has 2 aliphatic rings. The van der Waals surface area contributed by atoms with Crippen molar-refractivity contribution < 1.29 is 14.4 Å². The highest BCUT2D eigenvalue weighted by Gasteiger charge is 2.42. The van der Waals surface area contributed by atoms with Crippen molar-refractivity contribution in [2.24, 2.45) is 0 Å². The highest BCUT2D eigenvalue weighted by molar-refractivity contribution is 6.05. The summed E-state index contributed by atoms with van der Waals surface area (Å²) >= 11 is 0. The van der Waals surface area contributed by atoms with E-state index in [4.69, 9.17) is 0 Å². The van der Waals surface area contributed by atoms with Gasteiger partial charge in [-0.05, 0) is 12.1 Å². The molecule has 25 heavy (non-hydrogen) atoms. The van der Waals surface area contributed by atoms with Gasteiger partial charge in [0.15, 0.2) is 0 Å². The van der Waals surface area contributed by atoms with Gasteiger partial charge in [0, 0.05) is 32.5 Å². The average Bonchev–Trinajstić information content (AvgIpc) is 2.65. The van der Waals surface area contributed by atoms with Crippen LogP contribution in [0.2, 0.25) is 0 Å². The highest BCUT2D eigenvalue weighted by Crippen LogP contribution is 2.21. The van der Waals surface area contributed by atoms with Gasteiger partial charge < -0.3 is 14.7 Å². The first-order valence-electron chi connectivity index (χ1n) is 8.09. The van der Waals surface area contributed by atoms with Crippen LogP contribution in [-0.4, -0.2) is 81.7 Å². The van der Waals surface area contributed by atoms with Gasteiger partial charge in [-0.25, -0.2) is 0 Å². The van der Waals surface area contributed by atoms with Crippen molar-refractivity contribution in [1.29, 1.82) is 0 Å². The van der Waals surface area contributed by atoms with Crippen LogP contribution in [0.3, 0.4) is 0 Å². The van der Waals surface area contributed by atoms with Gasteiger partial charge in [0.05, 0.1) is 24.2 Å². The average molecular weight is 339 g/mol. The molecular weight excluding hydrogens is 322 g/mol. The molecule has 4 rings (SSSR count). The topological polar surface area (TPSA) is 86.7 Å². The Morgan fingerprint density at radius 2 is 1.96 bits per heavy atom. The molecule has 2 aliphatic heterocycles. The first-order valence-corrected chi connectivity index (χ1v) is 8.09. The summed E-state index contributed by atoms with van der Waals surface area (Å²) in [6.45, 7) is 1.06. The van der Waals surface area contributed by atoms with Crippen LogP contribution in [0.25, 0.3) is 11.0 Å². The van der Waals surface area contributed by atoms with E-state index in [2.05, 4.69) is 9.97 Å². The van der Waals surface area contributed by atoms with E-state index in [0.29, 0.717) is 29.7 Å². The number of para-hydroxylation sites is 1. The number of fused-ring (bicyclic) bond motifs is 2. The van der Waals surface area contributed by atoms with Crippen LogP contribution in [0, 0.1) is 0 Å². The number of rotatable bonds is 1. The molecule has 8 nitrogen and oxygen atoms in total. The summed E-state index contributed by atoms with van der Waals surface area (Å²) in [7, 11) is 1.61. The Morgan fingerprint density at radius 3 is 2.80 bits per heavy atom. The fraction of sp³-hybridized carbons (Fsp3) is 0.353. The first kappa shape index (κ1) is 15.5. The van der Waals surface area contributed by atoms with Gasteiger partial charge in [-0.15, -0.1) is 0 Å². The molecule has 2 fully saturated rings. The molecule has 1 atom stereocenters. The molecule has 0 aliphatic carbocycles. The van der Waals surface area contributed by atoms with Crippen LogP contribution in [0.15, 0.2) is 30.6 Å². The third kappa shape index (κ3) is 2.50. The number of likely N-dealkylation sites (N-methyl/N-ethyl adjacent to an activating group) is 1. The lowest BCUT2D eigenvalue weighted by Gasteiger charge is -2.45. The number of aromatic nitrogens is 2. The summed E-state index contributed by atoms with van der Waals surface area (Å²) < 4.78 is 0. The van der Waals surface area contributed by atoms with Crippen molar-refractivity contribution in [2.45, 2.75) is 6.04 Å². The van der Waals surface area contributed by atoms with Gasteiger partial charge in [0.2, 0.25) is 11.8 Å². The van der Waals surface area contributed by atoms with E-state index in [-0.39, 0.29) is 30.8 Å². The molecule has 0 saturated carbocycles. The fourth-order valence-electron chi connectivity index (χ4n) is 3.44. The molecule has 3 heterocycles. The van der Waals surface area contributed by atoms with Crippen molar-refractivity contribution in [3.05, 3.63) is 36.2 Å². The van der Waals surface area contributed by atoms with Gasteiger partial charge >= 0.3 is 0 Å². The summed E-state index contributed by atoms with van der Waals surface area (Å²) in [6.07, 6.45) is 3.13. The molecule has 0 radical (unpaired) electrons. The Hall–Kier alpha value is -3.03. The second-order valence-electron chi connectivity index (χ2n) is 6.28. The summed E-state index contributed by atoms with van der Waals surface area (Å²) in [5.41, 5.74) is 1.65. The molecule has 8 heteroatoms. The van der Waals surface area contributed by atoms with Gasteiger partial charge in [0.1, 0.15) is 11.6 Å². The standard InChI is InChI=1S/C17H17N5O3/c1-20-10-14(23)22-8-7-21(9-13(22)17(20)25)16(24)11-3-2-4-12-15(11)19-6-5-18-12/h2-6,13H,7-10H2,1H3. The van der Waals surface area contributed by atoms with Gasteiger partial charge in [-0.3, -0.25) is 24.4 Å². The van der Waals surface area contributed by atoms with E-state index < -0.39 is 6.04 Å². The van der Waals surface area contributed by atoms with E-state index >= 15 is 0 Å². The van der Waals surface area contributed by atoms with Crippen molar-refractivity contribution in [3.63, 3.8) is 0 Å². The van der Waals surface area contributed by atoms with Crippen LogP contribution >= 0.6 is 0 Å². The number of piperazine rings is 2. The van der Waals surface area contributed by atoms with Crippen molar-refractivity contribution >= 4 is 28.8 Å². The Balaban J connectivity index is 1.63. The maximum absolute atomic E-state index is 13.0. The molecule has 2 saturated heterocycles. The third-order valence-corrected chi connectivity index (χ3v) is 4.75. The maximum atomic E-state index is 13.0. The molecule has 3 amide bonds. The molecule has 0 bridgehead atoms. The van der Waals surface area contributed by atoms with E-state index in [1.54, 1.807) is 47.4 Å². The minimum atomic E-state index is -0.606. The summed E-state index contributed by atoms with van der Waals surface area (Å²) in [6, 6.07) is 4.68. The lowest BCUT2D eigenvalue weighted by Crippen LogP contribution is -2.66. The Labute approximate surface area is 144 Å². The maximum Gasteiger partial charge on any atom is 0.256 e. The first-order chi connectivity index (χ1) is 12.1. The molecule has 1 aromatic heterocycles. The van der Waals surface area contributed by atoms with Crippen molar-refractivity contribution in [1.82, 2.24) is 24.7 Å². The second kappa shape index (κ2) is 5.80. The molecular formula is C17H17N5O3. The smallest absolute Gasteiger partial charge is 0.256 e. The van der Waals surface area contributed by atoms with Crippen molar-refractivity contribution in [2.75, 3.05) is 33.2 Å². The monoisotopic (exact) mass is 339 g/mol. The number of hydrogen-bond acceptors (Lipinski definition) is 5. The van der Waals surface area contributed by atoms with Crippen LogP contribution < -0.4 is 0 Å². The zero-order chi connectivity index (χ0) is 17.6. The largest absolute Gasteiger partial charge is 0.335 e. The second-order valence-corrected chi connectivity index (χ2v) is 6.28. The minimum Gasteiger partial charge on any atom is -0.335 e. The van der Waals surface area contributed by atoms with Gasteiger partial charge in [0.25, 0.3) is 5.91 Å². The molecule has 1 unspecified atom stereocenters. The van der Waals surface area contributed by atoms with Gasteiger partial charge in [-0.1, -0.05) is 6.07 Å². The predicted octanol–water partition coefficient (Wildman–Crippen LogP) is -0.245. The Morgan fingerprint density at radius 1 is 1.16 bits per heavy atom. The number of benzene rings is 1. The highest BCUT2D eigenvalue weighted by atomic mass is 16.2. The number of nitrogens with zero attached hydrogens (tertiary/aromatic N) is 5. The summed E-state index contributed by atoms with van der Waals surface area (Å²) in [5.74, 6) is -0.399. The van der Waals surface area contributed by atoms with Crippen LogP contribution in [-0.2, 0) is 9.59 Å². The number of carbonyl (C=O) groups excluding carboxylic acids is 3. The fourth-order valence-corrected chi connectivity index (χ4v) is 3.44. The minimum absolute atomic E-state index is 0.0739. The Bertz CT molecular complexity index is 878. The normalized spacial score (nSPS) is 20.8. The Kier molecular flexibility index (Phi) is 3.60. The van der Waals surface area contributed by atoms with Crippen LogP contribution in [0.4, 0.5) is 0 Å². The van der Waals surface area contributed by atoms with E-state index in [1.807, 2.05) is 0 Å². The SMILES string of the molecule is CN1CC(=O)N2CCN(C(=O)c3cccc4nccnc34)CC2C1=O. The predicted molar refractivity (Wildman–Crippen MR) is 88.6 cm³/mol. The molecule has 0 spiro atoms. The number of amides is 3. The number of hydrogen-bond donors (Lipinski definition) is 0. The van der Waals surface area contributed by atoms with E-state index in [9.17, 15) is 14.4 Å². The molecule has 1 aromatic carbocycles. The van der Waals surface area contributed by atoms with Crippen LogP contribution in [0.1, 0.15) is 10.4 Å². The van der Waals surface area contributed by atoms with Gasteiger partial charge in [-0.2, -0.15) is 0 Å². The molecule has 128 valence electrons. The van der Waals surface area contributed by atoms with Crippen molar-refractivity contribution in [3.8, 4) is 0 Å². The lowest BCUT2D eigenvalue weighted by molar-refractivity contribution is -0.157. The summed E-state index contributed by atoms with van der Waals surface area (Å²) in [5, 5.41) is 0. The zero-order valence-electron chi connectivity index (χ0n) is 13.8. The summed E-state index contributed by atoms with van der Waals surface area (Å²) in [4.78, 5) is 50.6. The van der Waals surface area contributed by atoms with Crippen LogP contribution in [0.5, 0.6) is 0 Å².